The van der Waals surface area contributed by atoms with E-state index in [0.717, 1.165) is 27.1 Å². The first-order chi connectivity index (χ1) is 13.7. The first kappa shape index (κ1) is 21.3. The third kappa shape index (κ3) is 4.29. The first-order valence-corrected chi connectivity index (χ1v) is 10.4. The van der Waals surface area contributed by atoms with Crippen LogP contribution in [0.1, 0.15) is 56.9 Å². The molecule has 1 aliphatic rings. The van der Waals surface area contributed by atoms with E-state index in [-0.39, 0.29) is 24.3 Å². The molecule has 1 aliphatic heterocycles. The van der Waals surface area contributed by atoms with Gasteiger partial charge in [0.1, 0.15) is 16.8 Å². The Morgan fingerprint density at radius 2 is 1.97 bits per heavy atom. The Bertz CT molecular complexity index is 954. The van der Waals surface area contributed by atoms with Crippen molar-refractivity contribution in [1.29, 1.82) is 0 Å². The molecule has 29 heavy (non-hydrogen) atoms. The third-order valence-corrected chi connectivity index (χ3v) is 6.29. The number of phenolic OH excluding ortho intramolecular Hbond substituents is 1. The van der Waals surface area contributed by atoms with Crippen LogP contribution < -0.4 is 16.2 Å². The summed E-state index contributed by atoms with van der Waals surface area (Å²) in [6, 6.07) is 3.15. The van der Waals surface area contributed by atoms with Gasteiger partial charge in [-0.3, -0.25) is 4.79 Å². The van der Waals surface area contributed by atoms with Crippen molar-refractivity contribution in [3.05, 3.63) is 44.8 Å². The van der Waals surface area contributed by atoms with Gasteiger partial charge in [0.2, 0.25) is 5.91 Å². The third-order valence-electron chi connectivity index (χ3n) is 5.17. The normalized spacial score (nSPS) is 18.7. The Balaban J connectivity index is 1.75. The lowest BCUT2D eigenvalue weighted by molar-refractivity contribution is -0.117. The number of aromatic hydroxyl groups is 1. The van der Waals surface area contributed by atoms with Gasteiger partial charge in [-0.25, -0.2) is 15.6 Å². The summed E-state index contributed by atoms with van der Waals surface area (Å²) in [5.41, 5.74) is 9.95. The highest BCUT2D eigenvalue weighted by molar-refractivity contribution is 7.16. The minimum absolute atomic E-state index is 0.194. The van der Waals surface area contributed by atoms with E-state index in [2.05, 4.69) is 16.2 Å². The van der Waals surface area contributed by atoms with Crippen molar-refractivity contribution in [2.24, 2.45) is 0 Å². The number of rotatable bonds is 5. The van der Waals surface area contributed by atoms with Crippen LogP contribution in [0.15, 0.2) is 12.1 Å². The van der Waals surface area contributed by atoms with Gasteiger partial charge in [-0.2, -0.15) is 0 Å². The zero-order valence-electron chi connectivity index (χ0n) is 17.3. The highest BCUT2D eigenvalue weighted by atomic mass is 32.1. The lowest BCUT2D eigenvalue weighted by atomic mass is 9.96. The van der Waals surface area contributed by atoms with Crippen LogP contribution in [0.4, 0.5) is 5.00 Å². The lowest BCUT2D eigenvalue weighted by Crippen LogP contribution is -2.39. The van der Waals surface area contributed by atoms with Gasteiger partial charge in [-0.05, 0) is 52.2 Å². The minimum atomic E-state index is -0.502. The average molecular weight is 418 g/mol. The number of anilines is 1. The zero-order chi connectivity index (χ0) is 21.3. The van der Waals surface area contributed by atoms with Crippen molar-refractivity contribution < 1.29 is 19.4 Å². The molecule has 0 spiro atoms. The number of nitrogens with one attached hydrogen (secondary N) is 3. The lowest BCUT2D eigenvalue weighted by Gasteiger charge is -2.14. The van der Waals surface area contributed by atoms with Crippen molar-refractivity contribution in [3.8, 4) is 5.75 Å². The largest absolute Gasteiger partial charge is 0.507 e. The number of carbonyl (C=O) groups is 2. The van der Waals surface area contributed by atoms with Crippen LogP contribution >= 0.6 is 11.3 Å². The number of hydrogen-bond acceptors (Lipinski definition) is 7. The molecule has 1 aromatic heterocycles. The van der Waals surface area contributed by atoms with Crippen LogP contribution in [0.5, 0.6) is 5.75 Å². The van der Waals surface area contributed by atoms with Gasteiger partial charge >= 0.3 is 5.97 Å². The molecule has 8 heteroatoms. The van der Waals surface area contributed by atoms with Gasteiger partial charge in [0.25, 0.3) is 0 Å². The van der Waals surface area contributed by atoms with Gasteiger partial charge in [-0.15, -0.1) is 11.3 Å². The molecule has 0 aliphatic carbocycles. The summed E-state index contributed by atoms with van der Waals surface area (Å²) in [6.07, 6.45) is 0.473. The molecule has 1 aromatic carbocycles. The maximum Gasteiger partial charge on any atom is 0.341 e. The SMILES string of the molecule is CCOC(=O)c1c(NC(=O)C2CC(c3cc(C)cc(C)c3O)NN2)sc(C)c1C. The summed E-state index contributed by atoms with van der Waals surface area (Å²) < 4.78 is 5.14. The number of esters is 1. The number of benzene rings is 1. The zero-order valence-corrected chi connectivity index (χ0v) is 18.1. The minimum Gasteiger partial charge on any atom is -0.507 e. The molecule has 2 atom stereocenters. The summed E-state index contributed by atoms with van der Waals surface area (Å²) in [5, 5.41) is 13.8. The van der Waals surface area contributed by atoms with Crippen LogP contribution in [-0.2, 0) is 9.53 Å². The molecule has 156 valence electrons. The van der Waals surface area contributed by atoms with E-state index >= 15 is 0 Å². The Hall–Kier alpha value is -2.42. The molecule has 2 heterocycles. The van der Waals surface area contributed by atoms with E-state index in [1.807, 2.05) is 39.8 Å². The second kappa shape index (κ2) is 8.52. The molecule has 3 rings (SSSR count). The van der Waals surface area contributed by atoms with E-state index < -0.39 is 12.0 Å². The fourth-order valence-electron chi connectivity index (χ4n) is 3.55. The number of phenols is 1. The van der Waals surface area contributed by atoms with E-state index in [1.54, 1.807) is 6.92 Å². The van der Waals surface area contributed by atoms with Crippen LogP contribution in [0, 0.1) is 27.7 Å². The van der Waals surface area contributed by atoms with Crippen LogP contribution in [0.3, 0.4) is 0 Å². The Labute approximate surface area is 174 Å². The van der Waals surface area contributed by atoms with Crippen LogP contribution in [0.25, 0.3) is 0 Å². The molecule has 2 aromatic rings. The monoisotopic (exact) mass is 417 g/mol. The summed E-state index contributed by atoms with van der Waals surface area (Å²) >= 11 is 1.36. The molecule has 0 saturated carbocycles. The number of hydrazine groups is 1. The summed E-state index contributed by atoms with van der Waals surface area (Å²) in [5.74, 6) is -0.430. The van der Waals surface area contributed by atoms with Gasteiger partial charge < -0.3 is 15.2 Å². The number of thiophene rings is 1. The second-order valence-corrected chi connectivity index (χ2v) is 8.57. The van der Waals surface area contributed by atoms with Crippen LogP contribution in [0.2, 0.25) is 0 Å². The first-order valence-electron chi connectivity index (χ1n) is 9.62. The Morgan fingerprint density at radius 1 is 1.24 bits per heavy atom. The number of carbonyl (C=O) groups excluding carboxylic acids is 2. The summed E-state index contributed by atoms with van der Waals surface area (Å²) in [6.45, 7) is 9.61. The van der Waals surface area contributed by atoms with Crippen molar-refractivity contribution in [1.82, 2.24) is 10.9 Å². The quantitative estimate of drug-likeness (QED) is 0.557. The van der Waals surface area contributed by atoms with Crippen molar-refractivity contribution in [2.75, 3.05) is 11.9 Å². The topological polar surface area (TPSA) is 99.7 Å². The number of amides is 1. The molecule has 4 N–H and O–H groups in total. The van der Waals surface area contributed by atoms with E-state index in [0.29, 0.717) is 17.0 Å². The molecule has 0 radical (unpaired) electrons. The maximum atomic E-state index is 12.8. The second-order valence-electron chi connectivity index (χ2n) is 7.35. The summed E-state index contributed by atoms with van der Waals surface area (Å²) in [7, 11) is 0. The maximum absolute atomic E-state index is 12.8. The molecule has 7 nitrogen and oxygen atoms in total. The van der Waals surface area contributed by atoms with Crippen molar-refractivity contribution >= 4 is 28.2 Å². The Morgan fingerprint density at radius 3 is 2.66 bits per heavy atom. The molecule has 0 bridgehead atoms. The number of ether oxygens (including phenoxy) is 1. The van der Waals surface area contributed by atoms with Crippen molar-refractivity contribution in [3.63, 3.8) is 0 Å². The molecular weight excluding hydrogens is 390 g/mol. The predicted molar refractivity (Wildman–Crippen MR) is 113 cm³/mol. The standard InChI is InChI=1S/C21H27N3O4S/c1-6-28-21(27)17-12(4)13(5)29-20(17)22-19(26)16-9-15(23-24-16)14-8-10(2)7-11(3)18(14)25/h7-8,15-16,23-25H,6,9H2,1-5H3,(H,22,26). The van der Waals surface area contributed by atoms with Crippen molar-refractivity contribution in [2.45, 2.75) is 53.1 Å². The number of hydrogen-bond donors (Lipinski definition) is 4. The van der Waals surface area contributed by atoms with E-state index in [9.17, 15) is 14.7 Å². The smallest absolute Gasteiger partial charge is 0.341 e. The van der Waals surface area contributed by atoms with Gasteiger partial charge in [-0.1, -0.05) is 17.7 Å². The molecule has 2 unspecified atom stereocenters. The highest BCUT2D eigenvalue weighted by Gasteiger charge is 2.33. The molecule has 1 fully saturated rings. The average Bonchev–Trinajstić information content (AvgIpc) is 3.24. The fraction of sp³-hybridized carbons (Fsp3) is 0.429. The van der Waals surface area contributed by atoms with Gasteiger partial charge in [0, 0.05) is 10.4 Å². The predicted octanol–water partition coefficient (Wildman–Crippen LogP) is 3.41. The van der Waals surface area contributed by atoms with Crippen LogP contribution in [-0.4, -0.2) is 29.6 Å². The highest BCUT2D eigenvalue weighted by Crippen LogP contribution is 2.35. The fourth-order valence-corrected chi connectivity index (χ4v) is 4.61. The van der Waals surface area contributed by atoms with E-state index in [4.69, 9.17) is 4.74 Å². The Kier molecular flexibility index (Phi) is 6.26. The molecule has 1 amide bonds. The number of aryl methyl sites for hydroxylation is 3. The molecular formula is C21H27N3O4S. The van der Waals surface area contributed by atoms with Gasteiger partial charge in [0.15, 0.2) is 0 Å². The van der Waals surface area contributed by atoms with E-state index in [1.165, 1.54) is 11.3 Å². The summed E-state index contributed by atoms with van der Waals surface area (Å²) in [4.78, 5) is 26.1. The molecule has 1 saturated heterocycles. The van der Waals surface area contributed by atoms with Gasteiger partial charge in [0.05, 0.1) is 18.2 Å².